The summed E-state index contributed by atoms with van der Waals surface area (Å²) in [7, 11) is 0. The minimum absolute atomic E-state index is 0.0574. The third-order valence-corrected chi connectivity index (χ3v) is 6.88. The molecule has 0 amide bonds. The summed E-state index contributed by atoms with van der Waals surface area (Å²) < 4.78 is 109. The van der Waals surface area contributed by atoms with Crippen LogP contribution in [0.2, 0.25) is 0 Å². The van der Waals surface area contributed by atoms with Crippen LogP contribution in [0.3, 0.4) is 0 Å². The van der Waals surface area contributed by atoms with Gasteiger partial charge in [-0.05, 0) is 79.1 Å². The van der Waals surface area contributed by atoms with Gasteiger partial charge in [-0.1, -0.05) is 38.0 Å². The number of hydrogen-bond acceptors (Lipinski definition) is 2. The van der Waals surface area contributed by atoms with E-state index in [1.807, 2.05) is 0 Å². The van der Waals surface area contributed by atoms with Gasteiger partial charge in [0.2, 0.25) is 0 Å². The third-order valence-electron chi connectivity index (χ3n) is 6.88. The van der Waals surface area contributed by atoms with Crippen molar-refractivity contribution in [2.24, 2.45) is 11.8 Å². The van der Waals surface area contributed by atoms with Crippen molar-refractivity contribution < 1.29 is 40.2 Å². The molecule has 0 saturated heterocycles. The molecule has 1 aliphatic carbocycles. The van der Waals surface area contributed by atoms with Crippen molar-refractivity contribution in [2.45, 2.75) is 57.7 Å². The summed E-state index contributed by atoms with van der Waals surface area (Å²) in [4.78, 5) is 0. The quantitative estimate of drug-likeness (QED) is 0.252. The van der Waals surface area contributed by atoms with Crippen molar-refractivity contribution in [3.63, 3.8) is 0 Å². The molecule has 0 atom stereocenters. The minimum Gasteiger partial charge on any atom is -0.432 e. The smallest absolute Gasteiger partial charge is 0.429 e. The standard InChI is InChI=1S/C29H27F7O2/c1-2-3-18-4-9-21(10-5-18)28(33,34)37-22-11-6-19(7-12-22)20-8-14-24(26(31)16-20)29(35,36)38-23-13-15-25(30)27(32)17-23/h6-8,11-18,21H,2-5,9-10H2,1H3. The first-order chi connectivity index (χ1) is 18.0. The van der Waals surface area contributed by atoms with Crippen molar-refractivity contribution in [1.29, 1.82) is 0 Å². The number of halogens is 7. The van der Waals surface area contributed by atoms with E-state index >= 15 is 0 Å². The second-order valence-corrected chi connectivity index (χ2v) is 9.58. The summed E-state index contributed by atoms with van der Waals surface area (Å²) in [6, 6.07) is 10.2. The second-order valence-electron chi connectivity index (χ2n) is 9.58. The summed E-state index contributed by atoms with van der Waals surface area (Å²) in [6.07, 6.45) is -3.13. The summed E-state index contributed by atoms with van der Waals surface area (Å²) >= 11 is 0. The molecule has 1 saturated carbocycles. The van der Waals surface area contributed by atoms with E-state index in [1.165, 1.54) is 30.3 Å². The van der Waals surface area contributed by atoms with Gasteiger partial charge in [-0.2, -0.15) is 17.6 Å². The first kappa shape index (κ1) is 27.8. The molecule has 9 heteroatoms. The fourth-order valence-corrected chi connectivity index (χ4v) is 4.83. The van der Waals surface area contributed by atoms with Crippen molar-refractivity contribution in [3.05, 3.63) is 83.7 Å². The lowest BCUT2D eigenvalue weighted by Gasteiger charge is -2.33. The van der Waals surface area contributed by atoms with Gasteiger partial charge < -0.3 is 9.47 Å². The molecular formula is C29H27F7O2. The Bertz CT molecular complexity index is 1240. The predicted molar refractivity (Wildman–Crippen MR) is 129 cm³/mol. The van der Waals surface area contributed by atoms with Gasteiger partial charge in [0.05, 0.1) is 11.5 Å². The topological polar surface area (TPSA) is 18.5 Å². The molecule has 0 N–H and O–H groups in total. The SMILES string of the molecule is CCCC1CCC(C(F)(F)Oc2ccc(-c3ccc(C(F)(F)Oc4ccc(F)c(F)c4)c(F)c3)cc2)CC1. The zero-order valence-electron chi connectivity index (χ0n) is 20.6. The Labute approximate surface area is 216 Å². The van der Waals surface area contributed by atoms with Crippen molar-refractivity contribution >= 4 is 0 Å². The zero-order chi connectivity index (χ0) is 27.5. The van der Waals surface area contributed by atoms with Crippen LogP contribution < -0.4 is 9.47 Å². The van der Waals surface area contributed by atoms with E-state index in [0.717, 1.165) is 43.9 Å². The maximum absolute atomic E-state index is 14.7. The maximum Gasteiger partial charge on any atom is 0.429 e. The van der Waals surface area contributed by atoms with Crippen LogP contribution in [-0.2, 0) is 6.11 Å². The van der Waals surface area contributed by atoms with Crippen molar-refractivity contribution in [3.8, 4) is 22.6 Å². The maximum atomic E-state index is 14.7. The van der Waals surface area contributed by atoms with E-state index in [9.17, 15) is 30.7 Å². The van der Waals surface area contributed by atoms with E-state index in [1.54, 1.807) is 0 Å². The fourth-order valence-electron chi connectivity index (χ4n) is 4.83. The Balaban J connectivity index is 1.43. The van der Waals surface area contributed by atoms with E-state index < -0.39 is 46.9 Å². The van der Waals surface area contributed by atoms with Gasteiger partial charge in [-0.25, -0.2) is 13.2 Å². The van der Waals surface area contributed by atoms with Crippen LogP contribution in [0.5, 0.6) is 11.5 Å². The van der Waals surface area contributed by atoms with Crippen LogP contribution in [0.25, 0.3) is 11.1 Å². The molecule has 0 aliphatic heterocycles. The Morgan fingerprint density at radius 3 is 1.92 bits per heavy atom. The zero-order valence-corrected chi connectivity index (χ0v) is 20.6. The highest BCUT2D eigenvalue weighted by Crippen LogP contribution is 2.41. The van der Waals surface area contributed by atoms with Gasteiger partial charge in [0.1, 0.15) is 17.3 Å². The summed E-state index contributed by atoms with van der Waals surface area (Å²) in [5.74, 6) is -5.07. The summed E-state index contributed by atoms with van der Waals surface area (Å²) in [5.41, 5.74) is -0.516. The average molecular weight is 541 g/mol. The van der Waals surface area contributed by atoms with E-state index in [4.69, 9.17) is 4.74 Å². The van der Waals surface area contributed by atoms with Crippen LogP contribution in [0, 0.1) is 29.3 Å². The first-order valence-electron chi connectivity index (χ1n) is 12.5. The monoisotopic (exact) mass is 540 g/mol. The molecule has 0 radical (unpaired) electrons. The number of rotatable bonds is 9. The lowest BCUT2D eigenvalue weighted by molar-refractivity contribution is -0.223. The van der Waals surface area contributed by atoms with E-state index in [2.05, 4.69) is 11.7 Å². The molecule has 1 fully saturated rings. The number of alkyl halides is 4. The van der Waals surface area contributed by atoms with Crippen molar-refractivity contribution in [2.75, 3.05) is 0 Å². The lowest BCUT2D eigenvalue weighted by Crippen LogP contribution is -2.37. The normalized spacial score (nSPS) is 18.3. The van der Waals surface area contributed by atoms with Gasteiger partial charge in [0.15, 0.2) is 11.6 Å². The number of benzene rings is 3. The van der Waals surface area contributed by atoms with Gasteiger partial charge in [-0.3, -0.25) is 0 Å². The fraction of sp³-hybridized carbons (Fsp3) is 0.379. The van der Waals surface area contributed by atoms with Crippen molar-refractivity contribution in [1.82, 2.24) is 0 Å². The van der Waals surface area contributed by atoms with E-state index in [-0.39, 0.29) is 11.3 Å². The highest BCUT2D eigenvalue weighted by atomic mass is 19.3. The van der Waals surface area contributed by atoms with Crippen LogP contribution >= 0.6 is 0 Å². The van der Waals surface area contributed by atoms with Crippen LogP contribution in [0.1, 0.15) is 51.0 Å². The van der Waals surface area contributed by atoms with Gasteiger partial charge in [0, 0.05) is 6.07 Å². The molecule has 204 valence electrons. The Hall–Kier alpha value is -3.23. The summed E-state index contributed by atoms with van der Waals surface area (Å²) in [5, 5.41) is 0. The molecule has 0 aromatic heterocycles. The first-order valence-corrected chi connectivity index (χ1v) is 12.5. The van der Waals surface area contributed by atoms with Gasteiger partial charge >= 0.3 is 12.2 Å². The Morgan fingerprint density at radius 2 is 1.32 bits per heavy atom. The highest BCUT2D eigenvalue weighted by Gasteiger charge is 2.44. The van der Waals surface area contributed by atoms with Gasteiger partial charge in [-0.15, -0.1) is 0 Å². The molecular weight excluding hydrogens is 513 g/mol. The molecule has 4 rings (SSSR count). The molecule has 2 nitrogen and oxygen atoms in total. The van der Waals surface area contributed by atoms with Crippen LogP contribution in [0.15, 0.2) is 60.7 Å². The predicted octanol–water partition coefficient (Wildman–Crippen LogP) is 9.48. The highest BCUT2D eigenvalue weighted by molar-refractivity contribution is 5.64. The second kappa shape index (κ2) is 11.3. The van der Waals surface area contributed by atoms with Crippen LogP contribution in [0.4, 0.5) is 30.7 Å². The summed E-state index contributed by atoms with van der Waals surface area (Å²) in [6.45, 7) is 2.08. The molecule has 1 aliphatic rings. The molecule has 0 spiro atoms. The van der Waals surface area contributed by atoms with E-state index in [0.29, 0.717) is 36.5 Å². The molecule has 3 aromatic carbocycles. The number of hydrogen-bond donors (Lipinski definition) is 0. The third kappa shape index (κ3) is 6.42. The molecule has 38 heavy (non-hydrogen) atoms. The average Bonchev–Trinajstić information content (AvgIpc) is 2.87. The molecule has 0 unspecified atom stereocenters. The van der Waals surface area contributed by atoms with Crippen LogP contribution in [-0.4, -0.2) is 6.11 Å². The Morgan fingerprint density at radius 1 is 0.684 bits per heavy atom. The molecule has 0 heterocycles. The van der Waals surface area contributed by atoms with Gasteiger partial charge in [0.25, 0.3) is 0 Å². The molecule has 3 aromatic rings. The number of ether oxygens (including phenoxy) is 2. The largest absolute Gasteiger partial charge is 0.432 e. The minimum atomic E-state index is -4.17. The Kier molecular flexibility index (Phi) is 8.23. The lowest BCUT2D eigenvalue weighted by atomic mass is 9.79. The molecule has 0 bridgehead atoms.